The van der Waals surface area contributed by atoms with Gasteiger partial charge >= 0.3 is 6.18 Å². The van der Waals surface area contributed by atoms with Crippen LogP contribution in [-0.4, -0.2) is 32.3 Å². The Balaban J connectivity index is 1.63. The first kappa shape index (κ1) is 18.8. The van der Waals surface area contributed by atoms with Crippen LogP contribution in [0, 0.1) is 0 Å². The number of benzene rings is 2. The summed E-state index contributed by atoms with van der Waals surface area (Å²) in [4.78, 5) is 14.5. The number of H-pyrrole nitrogens is 1. The van der Waals surface area contributed by atoms with Crippen LogP contribution in [0.3, 0.4) is 0 Å². The number of halogens is 4. The van der Waals surface area contributed by atoms with Crippen molar-refractivity contribution in [2.24, 2.45) is 0 Å². The lowest BCUT2D eigenvalue weighted by atomic mass is 10.1. The fourth-order valence-electron chi connectivity index (χ4n) is 3.41. The van der Waals surface area contributed by atoms with E-state index in [1.165, 1.54) is 12.1 Å². The van der Waals surface area contributed by atoms with Gasteiger partial charge in [-0.1, -0.05) is 22.0 Å². The summed E-state index contributed by atoms with van der Waals surface area (Å²) < 4.78 is 38.5. The molecule has 1 aromatic heterocycles. The van der Waals surface area contributed by atoms with Crippen molar-refractivity contribution >= 4 is 32.7 Å². The smallest absolute Gasteiger partial charge is 0.389 e. The molecule has 0 saturated carbocycles. The quantitative estimate of drug-likeness (QED) is 0.604. The molecular weight excluding hydrogens is 439 g/mol. The van der Waals surface area contributed by atoms with Crippen molar-refractivity contribution in [1.82, 2.24) is 15.1 Å². The number of aromatic hydroxyl groups is 1. The van der Waals surface area contributed by atoms with E-state index in [1.54, 1.807) is 4.90 Å². The van der Waals surface area contributed by atoms with Crippen molar-refractivity contribution in [3.8, 4) is 5.75 Å². The summed E-state index contributed by atoms with van der Waals surface area (Å²) in [7, 11) is 0. The number of hydrogen-bond donors (Lipinski definition) is 2. The van der Waals surface area contributed by atoms with Gasteiger partial charge in [-0.2, -0.15) is 18.3 Å². The minimum absolute atomic E-state index is 0.0500. The van der Waals surface area contributed by atoms with Crippen molar-refractivity contribution in [2.75, 3.05) is 0 Å². The molecule has 0 radical (unpaired) electrons. The third-order valence-corrected chi connectivity index (χ3v) is 5.31. The van der Waals surface area contributed by atoms with Crippen molar-refractivity contribution < 1.29 is 23.1 Å². The second kappa shape index (κ2) is 6.80. The number of hydrogen-bond acceptors (Lipinski definition) is 3. The first-order valence-electron chi connectivity index (χ1n) is 8.54. The van der Waals surface area contributed by atoms with Crippen LogP contribution in [-0.2, 0) is 19.5 Å². The molecule has 3 aromatic rings. The first-order chi connectivity index (χ1) is 13.2. The lowest BCUT2D eigenvalue weighted by molar-refractivity contribution is -0.134. The molecule has 1 aliphatic heterocycles. The number of phenolic OH excluding ortho intramolecular Hbond substituents is 1. The topological polar surface area (TPSA) is 69.2 Å². The van der Waals surface area contributed by atoms with Crippen molar-refractivity contribution in [1.29, 1.82) is 0 Å². The highest BCUT2D eigenvalue weighted by Crippen LogP contribution is 2.32. The summed E-state index contributed by atoms with van der Waals surface area (Å²) in [6.45, 7) is 0.808. The van der Waals surface area contributed by atoms with Crippen LogP contribution in [0.1, 0.15) is 33.6 Å². The van der Waals surface area contributed by atoms with E-state index in [4.69, 9.17) is 0 Å². The molecule has 1 aliphatic rings. The van der Waals surface area contributed by atoms with Gasteiger partial charge < -0.3 is 10.0 Å². The van der Waals surface area contributed by atoms with Crippen LogP contribution in [0.15, 0.2) is 34.8 Å². The van der Waals surface area contributed by atoms with E-state index in [-0.39, 0.29) is 29.3 Å². The van der Waals surface area contributed by atoms with Crippen LogP contribution in [0.2, 0.25) is 0 Å². The average Bonchev–Trinajstić information content (AvgIpc) is 3.21. The summed E-state index contributed by atoms with van der Waals surface area (Å²) in [6, 6.07) is 8.49. The van der Waals surface area contributed by atoms with E-state index >= 15 is 0 Å². The number of carbonyl (C=O) groups excluding carboxylic acids is 1. The summed E-state index contributed by atoms with van der Waals surface area (Å²) in [5.41, 5.74) is 2.69. The van der Waals surface area contributed by atoms with Crippen LogP contribution in [0.5, 0.6) is 5.75 Å². The van der Waals surface area contributed by atoms with Crippen LogP contribution >= 0.6 is 15.9 Å². The summed E-state index contributed by atoms with van der Waals surface area (Å²) >= 11 is 3.40. The van der Waals surface area contributed by atoms with E-state index in [0.717, 1.165) is 15.6 Å². The molecule has 1 amide bonds. The highest BCUT2D eigenvalue weighted by Gasteiger charge is 2.29. The average molecular weight is 454 g/mol. The number of nitrogens with one attached hydrogen (secondary N) is 1. The molecule has 0 saturated heterocycles. The van der Waals surface area contributed by atoms with Gasteiger partial charge in [0.05, 0.1) is 11.1 Å². The van der Waals surface area contributed by atoms with Gasteiger partial charge in [0.25, 0.3) is 5.91 Å². The first-order valence-corrected chi connectivity index (χ1v) is 9.34. The highest BCUT2D eigenvalue weighted by atomic mass is 79.9. The number of aromatic nitrogens is 2. The zero-order valence-corrected chi connectivity index (χ0v) is 16.1. The number of phenols is 1. The molecule has 0 fully saturated rings. The minimum Gasteiger partial charge on any atom is -0.507 e. The molecular formula is C19H15BrF3N3O2. The number of fused-ring (bicyclic) bond motifs is 2. The Morgan fingerprint density at radius 3 is 2.71 bits per heavy atom. The molecule has 2 aromatic carbocycles. The van der Waals surface area contributed by atoms with Crippen LogP contribution in [0.25, 0.3) is 10.9 Å². The Bertz CT molecular complexity index is 1080. The Morgan fingerprint density at radius 2 is 1.96 bits per heavy atom. The van der Waals surface area contributed by atoms with Crippen molar-refractivity contribution in [2.45, 2.75) is 32.1 Å². The standard InChI is InChI=1S/C19H15BrF3N3O2/c20-12-2-1-10-8-26(9-11(10)5-12)18(28)14-6-13-15(3-4-19(21,22)23)24-25-16(13)7-17(14)27/h1-2,5-7,27H,3-4,8-9H2,(H,24,25). The van der Waals surface area contributed by atoms with Gasteiger partial charge in [-0.05, 0) is 35.7 Å². The fourth-order valence-corrected chi connectivity index (χ4v) is 3.81. The van der Waals surface area contributed by atoms with E-state index in [2.05, 4.69) is 26.1 Å². The van der Waals surface area contributed by atoms with Crippen molar-refractivity contribution in [3.63, 3.8) is 0 Å². The van der Waals surface area contributed by atoms with Crippen molar-refractivity contribution in [3.05, 3.63) is 57.2 Å². The van der Waals surface area contributed by atoms with Crippen LogP contribution < -0.4 is 0 Å². The second-order valence-corrected chi connectivity index (χ2v) is 7.69. The lowest BCUT2D eigenvalue weighted by Gasteiger charge is -2.16. The summed E-state index contributed by atoms with van der Waals surface area (Å²) in [5, 5.41) is 17.2. The van der Waals surface area contributed by atoms with Crippen LogP contribution in [0.4, 0.5) is 13.2 Å². The Morgan fingerprint density at radius 1 is 1.21 bits per heavy atom. The van der Waals surface area contributed by atoms with Gasteiger partial charge in [-0.25, -0.2) is 0 Å². The predicted octanol–water partition coefficient (Wildman–Crippen LogP) is 4.68. The molecule has 0 unspecified atom stereocenters. The molecule has 9 heteroatoms. The largest absolute Gasteiger partial charge is 0.507 e. The second-order valence-electron chi connectivity index (χ2n) is 6.78. The third kappa shape index (κ3) is 3.58. The maximum absolute atomic E-state index is 13.0. The molecule has 146 valence electrons. The molecule has 0 spiro atoms. The summed E-state index contributed by atoms with van der Waals surface area (Å²) in [5.74, 6) is -0.627. The molecule has 28 heavy (non-hydrogen) atoms. The van der Waals surface area contributed by atoms with Gasteiger partial charge in [-0.15, -0.1) is 0 Å². The van der Waals surface area contributed by atoms with Gasteiger partial charge in [0.2, 0.25) is 0 Å². The van der Waals surface area contributed by atoms with E-state index in [1.807, 2.05) is 18.2 Å². The SMILES string of the molecule is O=C(c1cc2c(CCC(F)(F)F)[nH]nc2cc1O)N1Cc2ccc(Br)cc2C1. The number of nitrogens with zero attached hydrogens (tertiary/aromatic N) is 2. The Hall–Kier alpha value is -2.55. The van der Waals surface area contributed by atoms with Gasteiger partial charge in [-0.3, -0.25) is 9.89 Å². The van der Waals surface area contributed by atoms with Gasteiger partial charge in [0.15, 0.2) is 0 Å². The molecule has 4 rings (SSSR count). The van der Waals surface area contributed by atoms with Gasteiger partial charge in [0, 0.05) is 41.1 Å². The maximum Gasteiger partial charge on any atom is 0.389 e. The van der Waals surface area contributed by atoms with E-state index < -0.39 is 12.6 Å². The zero-order chi connectivity index (χ0) is 20.1. The molecule has 2 N–H and O–H groups in total. The molecule has 0 aliphatic carbocycles. The third-order valence-electron chi connectivity index (χ3n) is 4.82. The zero-order valence-electron chi connectivity index (χ0n) is 14.5. The number of rotatable bonds is 3. The highest BCUT2D eigenvalue weighted by molar-refractivity contribution is 9.10. The molecule has 5 nitrogen and oxygen atoms in total. The molecule has 0 bridgehead atoms. The normalized spacial score (nSPS) is 13.9. The fraction of sp³-hybridized carbons (Fsp3) is 0.263. The lowest BCUT2D eigenvalue weighted by Crippen LogP contribution is -2.25. The van der Waals surface area contributed by atoms with Gasteiger partial charge in [0.1, 0.15) is 5.75 Å². The number of aromatic amines is 1. The predicted molar refractivity (Wildman–Crippen MR) is 99.9 cm³/mol. The Labute approximate surface area is 166 Å². The minimum atomic E-state index is -4.29. The summed E-state index contributed by atoms with van der Waals surface area (Å²) in [6.07, 6.45) is -5.56. The maximum atomic E-state index is 13.0. The number of amides is 1. The number of aryl methyl sites for hydroxylation is 1. The number of alkyl halides is 3. The Kier molecular flexibility index (Phi) is 4.57. The number of carbonyl (C=O) groups is 1. The van der Waals surface area contributed by atoms with E-state index in [9.17, 15) is 23.1 Å². The monoisotopic (exact) mass is 453 g/mol. The molecule has 0 atom stereocenters. The van der Waals surface area contributed by atoms with E-state index in [0.29, 0.717) is 24.0 Å². The molecule has 2 heterocycles.